The van der Waals surface area contributed by atoms with Crippen LogP contribution in [0.2, 0.25) is 0 Å². The number of hydrogen-bond acceptors (Lipinski definition) is 4. The van der Waals surface area contributed by atoms with Gasteiger partial charge in [-0.15, -0.1) is 11.8 Å². The van der Waals surface area contributed by atoms with Crippen molar-refractivity contribution in [2.75, 3.05) is 31.7 Å². The van der Waals surface area contributed by atoms with Crippen LogP contribution in [0.3, 0.4) is 0 Å². The molecule has 0 amide bonds. The number of hydrogen-bond donors (Lipinski definition) is 2. The van der Waals surface area contributed by atoms with E-state index in [0.29, 0.717) is 5.92 Å². The molecule has 0 aliphatic rings. The van der Waals surface area contributed by atoms with Crippen molar-refractivity contribution < 1.29 is 0 Å². The van der Waals surface area contributed by atoms with Gasteiger partial charge in [0.15, 0.2) is 0 Å². The van der Waals surface area contributed by atoms with Crippen molar-refractivity contribution >= 4 is 17.4 Å². The molecule has 0 heterocycles. The van der Waals surface area contributed by atoms with E-state index < -0.39 is 0 Å². The van der Waals surface area contributed by atoms with Gasteiger partial charge in [0.1, 0.15) is 6.07 Å². The van der Waals surface area contributed by atoms with Crippen molar-refractivity contribution in [2.45, 2.75) is 11.8 Å². The van der Waals surface area contributed by atoms with Crippen LogP contribution in [0.1, 0.15) is 12.5 Å². The highest BCUT2D eigenvalue weighted by Crippen LogP contribution is 2.26. The molecule has 0 saturated carbocycles. The van der Waals surface area contributed by atoms with Gasteiger partial charge in [-0.25, -0.2) is 0 Å². The predicted molar refractivity (Wildman–Crippen MR) is 74.5 cm³/mol. The quantitative estimate of drug-likeness (QED) is 0.761. The second-order valence-electron chi connectivity index (χ2n) is 4.04. The minimum atomic E-state index is 0.532. The summed E-state index contributed by atoms with van der Waals surface area (Å²) in [6, 6.07) is 8.20. The molecule has 17 heavy (non-hydrogen) atoms. The van der Waals surface area contributed by atoms with Crippen LogP contribution in [0, 0.1) is 17.2 Å². The Labute approximate surface area is 108 Å². The molecule has 92 valence electrons. The van der Waals surface area contributed by atoms with E-state index in [1.807, 2.05) is 31.5 Å². The first-order valence-electron chi connectivity index (χ1n) is 5.68. The van der Waals surface area contributed by atoms with Gasteiger partial charge in [-0.3, -0.25) is 0 Å². The number of rotatable bonds is 6. The van der Waals surface area contributed by atoms with Gasteiger partial charge in [-0.2, -0.15) is 5.26 Å². The van der Waals surface area contributed by atoms with Crippen LogP contribution in [-0.4, -0.2) is 26.4 Å². The number of anilines is 1. The lowest BCUT2D eigenvalue weighted by molar-refractivity contribution is 0.569. The first kappa shape index (κ1) is 13.9. The van der Waals surface area contributed by atoms with Crippen LogP contribution in [-0.2, 0) is 0 Å². The van der Waals surface area contributed by atoms with E-state index in [9.17, 15) is 5.26 Å². The fourth-order valence-electron chi connectivity index (χ4n) is 1.67. The zero-order valence-electron chi connectivity index (χ0n) is 10.6. The molecule has 1 rings (SSSR count). The summed E-state index contributed by atoms with van der Waals surface area (Å²) in [6.07, 6.45) is 1.99. The number of nitrogens with one attached hydrogen (secondary N) is 2. The van der Waals surface area contributed by atoms with Gasteiger partial charge in [0, 0.05) is 11.4 Å². The van der Waals surface area contributed by atoms with Crippen molar-refractivity contribution in [1.29, 1.82) is 5.26 Å². The molecular formula is C13H19N3S. The van der Waals surface area contributed by atoms with E-state index in [1.165, 1.54) is 0 Å². The molecule has 3 nitrogen and oxygen atoms in total. The van der Waals surface area contributed by atoms with Crippen LogP contribution < -0.4 is 10.6 Å². The monoisotopic (exact) mass is 249 g/mol. The third kappa shape index (κ3) is 3.95. The van der Waals surface area contributed by atoms with Crippen molar-refractivity contribution in [3.05, 3.63) is 23.8 Å². The smallest absolute Gasteiger partial charge is 0.102 e. The topological polar surface area (TPSA) is 47.8 Å². The van der Waals surface area contributed by atoms with Crippen LogP contribution in [0.4, 0.5) is 5.69 Å². The summed E-state index contributed by atoms with van der Waals surface area (Å²) in [6.45, 7) is 4.01. The minimum Gasteiger partial charge on any atom is -0.384 e. The Morgan fingerprint density at radius 1 is 1.41 bits per heavy atom. The molecule has 0 radical (unpaired) electrons. The maximum absolute atomic E-state index is 9.18. The average Bonchev–Trinajstić information content (AvgIpc) is 2.36. The van der Waals surface area contributed by atoms with Crippen molar-refractivity contribution in [1.82, 2.24) is 5.32 Å². The largest absolute Gasteiger partial charge is 0.384 e. The SMILES string of the molecule is CNCC(C)CNc1cccc(SC)c1C#N. The summed E-state index contributed by atoms with van der Waals surface area (Å²) in [4.78, 5) is 1.03. The highest BCUT2D eigenvalue weighted by atomic mass is 32.2. The number of thioether (sulfide) groups is 1. The standard InChI is InChI=1S/C13H19N3S/c1-10(8-15-2)9-16-12-5-4-6-13(17-3)11(12)7-14/h4-6,10,15-16H,8-9H2,1-3H3. The Kier molecular flexibility index (Phi) is 5.88. The van der Waals surface area contributed by atoms with Gasteiger partial charge in [0.2, 0.25) is 0 Å². The van der Waals surface area contributed by atoms with E-state index in [2.05, 4.69) is 23.6 Å². The third-order valence-electron chi connectivity index (χ3n) is 2.55. The van der Waals surface area contributed by atoms with E-state index in [1.54, 1.807) is 11.8 Å². The molecule has 1 aromatic carbocycles. The molecule has 0 saturated heterocycles. The van der Waals surface area contributed by atoms with E-state index in [0.717, 1.165) is 29.2 Å². The molecule has 0 spiro atoms. The van der Waals surface area contributed by atoms with Gasteiger partial charge >= 0.3 is 0 Å². The molecule has 1 unspecified atom stereocenters. The lowest BCUT2D eigenvalue weighted by Crippen LogP contribution is -2.23. The summed E-state index contributed by atoms with van der Waals surface area (Å²) in [5.41, 5.74) is 1.68. The summed E-state index contributed by atoms with van der Waals surface area (Å²) in [5, 5.41) is 15.7. The van der Waals surface area contributed by atoms with Gasteiger partial charge in [-0.05, 0) is 37.9 Å². The predicted octanol–water partition coefficient (Wildman–Crippen LogP) is 2.55. The fraction of sp³-hybridized carbons (Fsp3) is 0.462. The van der Waals surface area contributed by atoms with Gasteiger partial charge in [-0.1, -0.05) is 13.0 Å². The first-order chi connectivity index (χ1) is 8.22. The molecule has 0 fully saturated rings. The van der Waals surface area contributed by atoms with E-state index in [-0.39, 0.29) is 0 Å². The molecule has 4 heteroatoms. The highest BCUT2D eigenvalue weighted by molar-refractivity contribution is 7.98. The average molecular weight is 249 g/mol. The molecular weight excluding hydrogens is 230 g/mol. The molecule has 2 N–H and O–H groups in total. The Hall–Kier alpha value is -1.18. The summed E-state index contributed by atoms with van der Waals surface area (Å²) in [5.74, 6) is 0.532. The van der Waals surface area contributed by atoms with Crippen molar-refractivity contribution in [2.24, 2.45) is 5.92 Å². The van der Waals surface area contributed by atoms with Crippen molar-refractivity contribution in [3.8, 4) is 6.07 Å². The summed E-state index contributed by atoms with van der Waals surface area (Å²) in [7, 11) is 1.95. The maximum Gasteiger partial charge on any atom is 0.102 e. The van der Waals surface area contributed by atoms with Crippen LogP contribution in [0.15, 0.2) is 23.1 Å². The molecule has 0 bridgehead atoms. The minimum absolute atomic E-state index is 0.532. The molecule has 0 aliphatic carbocycles. The Bertz CT molecular complexity index is 398. The third-order valence-corrected chi connectivity index (χ3v) is 3.33. The molecule has 1 atom stereocenters. The number of nitrogens with zero attached hydrogens (tertiary/aromatic N) is 1. The number of benzene rings is 1. The first-order valence-corrected chi connectivity index (χ1v) is 6.91. The zero-order chi connectivity index (χ0) is 12.7. The Morgan fingerprint density at radius 2 is 2.18 bits per heavy atom. The van der Waals surface area contributed by atoms with Gasteiger partial charge in [0.05, 0.1) is 11.3 Å². The number of nitriles is 1. The Morgan fingerprint density at radius 3 is 2.76 bits per heavy atom. The molecule has 0 aromatic heterocycles. The van der Waals surface area contributed by atoms with Crippen LogP contribution in [0.25, 0.3) is 0 Å². The normalized spacial score (nSPS) is 11.9. The van der Waals surface area contributed by atoms with Gasteiger partial charge < -0.3 is 10.6 Å². The van der Waals surface area contributed by atoms with E-state index in [4.69, 9.17) is 0 Å². The summed E-state index contributed by atoms with van der Waals surface area (Å²) >= 11 is 1.60. The van der Waals surface area contributed by atoms with E-state index >= 15 is 0 Å². The fourth-order valence-corrected chi connectivity index (χ4v) is 2.24. The van der Waals surface area contributed by atoms with Gasteiger partial charge in [0.25, 0.3) is 0 Å². The zero-order valence-corrected chi connectivity index (χ0v) is 11.4. The maximum atomic E-state index is 9.18. The Balaban J connectivity index is 2.74. The van der Waals surface area contributed by atoms with Crippen molar-refractivity contribution in [3.63, 3.8) is 0 Å². The molecule has 1 aromatic rings. The second-order valence-corrected chi connectivity index (χ2v) is 4.89. The van der Waals surface area contributed by atoms with Crippen LogP contribution in [0.5, 0.6) is 0 Å². The summed E-state index contributed by atoms with van der Waals surface area (Å²) < 4.78 is 0. The second kappa shape index (κ2) is 7.21. The lowest BCUT2D eigenvalue weighted by atomic mass is 10.1. The lowest BCUT2D eigenvalue weighted by Gasteiger charge is -2.14. The highest BCUT2D eigenvalue weighted by Gasteiger charge is 2.08. The van der Waals surface area contributed by atoms with Crippen LogP contribution >= 0.6 is 11.8 Å². The molecule has 0 aliphatic heterocycles.